The van der Waals surface area contributed by atoms with Crippen LogP contribution in [0.25, 0.3) is 11.1 Å². The van der Waals surface area contributed by atoms with Crippen LogP contribution in [0.15, 0.2) is 76.5 Å². The normalized spacial score (nSPS) is 14.8. The van der Waals surface area contributed by atoms with E-state index in [1.165, 1.54) is 37.6 Å². The van der Waals surface area contributed by atoms with Gasteiger partial charge in [-0.05, 0) is 46.4 Å². The first-order valence-electron chi connectivity index (χ1n) is 8.61. The van der Waals surface area contributed by atoms with E-state index in [4.69, 9.17) is 0 Å². The van der Waals surface area contributed by atoms with E-state index in [9.17, 15) is 0 Å². The van der Waals surface area contributed by atoms with Gasteiger partial charge in [0.2, 0.25) is 0 Å². The molecule has 4 rings (SSSR count). The minimum absolute atomic E-state index is 0.0530. The van der Waals surface area contributed by atoms with Crippen molar-refractivity contribution in [2.24, 2.45) is 0 Å². The molecule has 0 N–H and O–H groups in total. The maximum atomic E-state index is 2.37. The van der Waals surface area contributed by atoms with Crippen LogP contribution in [0.4, 0.5) is 0 Å². The van der Waals surface area contributed by atoms with E-state index in [0.717, 1.165) is 6.42 Å². The van der Waals surface area contributed by atoms with Crippen LogP contribution in [0.1, 0.15) is 37.5 Å². The Morgan fingerprint density at radius 3 is 2.12 bits per heavy atom. The number of hydrogen-bond acceptors (Lipinski definition) is 1. The third kappa shape index (κ3) is 2.48. The van der Waals surface area contributed by atoms with Gasteiger partial charge in [-0.2, -0.15) is 0 Å². The van der Waals surface area contributed by atoms with Crippen molar-refractivity contribution in [2.75, 3.05) is 0 Å². The van der Waals surface area contributed by atoms with Gasteiger partial charge in [0.05, 0.1) is 0 Å². The summed E-state index contributed by atoms with van der Waals surface area (Å²) in [7, 11) is 0. The van der Waals surface area contributed by atoms with Crippen molar-refractivity contribution >= 4 is 11.8 Å². The molecule has 1 aliphatic rings. The lowest BCUT2D eigenvalue weighted by atomic mass is 9.77. The zero-order chi connectivity index (χ0) is 16.7. The summed E-state index contributed by atoms with van der Waals surface area (Å²) in [5.41, 5.74) is 6.94. The molecule has 0 nitrogen and oxygen atoms in total. The molecular formula is C23H22S. The van der Waals surface area contributed by atoms with Crippen molar-refractivity contribution in [3.8, 4) is 11.1 Å². The highest BCUT2D eigenvalue weighted by molar-refractivity contribution is 7.99. The Kier molecular flexibility index (Phi) is 3.77. The molecule has 0 bridgehead atoms. The van der Waals surface area contributed by atoms with Crippen molar-refractivity contribution in [1.29, 1.82) is 0 Å². The predicted molar refractivity (Wildman–Crippen MR) is 104 cm³/mol. The smallest absolute Gasteiger partial charge is 0.0169 e. The molecule has 1 heterocycles. The average Bonchev–Trinajstić information content (AvgIpc) is 2.61. The molecule has 0 radical (unpaired) electrons. The zero-order valence-electron chi connectivity index (χ0n) is 14.5. The number of benzene rings is 3. The number of rotatable bonds is 2. The van der Waals surface area contributed by atoms with E-state index >= 15 is 0 Å². The standard InChI is InChI=1S/C23H22S/c1-4-16-10-12-19-21(14-16)24-22-15-18(17-8-6-5-7-9-17)11-13-20(22)23(19,2)3/h5-15H,4H2,1-3H3. The summed E-state index contributed by atoms with van der Waals surface area (Å²) in [6.07, 6.45) is 1.09. The van der Waals surface area contributed by atoms with Crippen molar-refractivity contribution in [3.05, 3.63) is 83.4 Å². The molecule has 120 valence electrons. The van der Waals surface area contributed by atoms with Gasteiger partial charge in [0.25, 0.3) is 0 Å². The van der Waals surface area contributed by atoms with E-state index < -0.39 is 0 Å². The Labute approximate surface area is 148 Å². The minimum Gasteiger partial charge on any atom is -0.0894 e. The van der Waals surface area contributed by atoms with E-state index in [1.54, 1.807) is 0 Å². The molecule has 0 fully saturated rings. The lowest BCUT2D eigenvalue weighted by Gasteiger charge is -2.35. The molecule has 0 atom stereocenters. The third-order valence-electron chi connectivity index (χ3n) is 5.11. The molecule has 1 aliphatic heterocycles. The van der Waals surface area contributed by atoms with Gasteiger partial charge in [0.15, 0.2) is 0 Å². The Bertz CT molecular complexity index is 891. The summed E-state index contributed by atoms with van der Waals surface area (Å²) >= 11 is 1.92. The fourth-order valence-corrected chi connectivity index (χ4v) is 5.08. The van der Waals surface area contributed by atoms with Gasteiger partial charge in [-0.1, -0.05) is 87.1 Å². The molecule has 0 aliphatic carbocycles. The summed E-state index contributed by atoms with van der Waals surface area (Å²) in [4.78, 5) is 2.80. The van der Waals surface area contributed by atoms with Crippen LogP contribution in [0.2, 0.25) is 0 Å². The Balaban J connectivity index is 1.84. The summed E-state index contributed by atoms with van der Waals surface area (Å²) < 4.78 is 0. The molecule has 0 saturated heterocycles. The highest BCUT2D eigenvalue weighted by Crippen LogP contribution is 2.50. The Morgan fingerprint density at radius 1 is 0.750 bits per heavy atom. The van der Waals surface area contributed by atoms with E-state index in [0.29, 0.717) is 0 Å². The lowest BCUT2D eigenvalue weighted by molar-refractivity contribution is 0.607. The second-order valence-electron chi connectivity index (χ2n) is 6.99. The first-order valence-corrected chi connectivity index (χ1v) is 9.42. The highest BCUT2D eigenvalue weighted by Gasteiger charge is 2.33. The van der Waals surface area contributed by atoms with Gasteiger partial charge >= 0.3 is 0 Å². The van der Waals surface area contributed by atoms with Crippen molar-refractivity contribution in [3.63, 3.8) is 0 Å². The number of fused-ring (bicyclic) bond motifs is 2. The largest absolute Gasteiger partial charge is 0.0894 e. The van der Waals surface area contributed by atoms with E-state index in [-0.39, 0.29) is 5.41 Å². The fraction of sp³-hybridized carbons (Fsp3) is 0.217. The molecule has 0 unspecified atom stereocenters. The maximum absolute atomic E-state index is 2.37. The quantitative estimate of drug-likeness (QED) is 0.503. The molecule has 3 aromatic carbocycles. The number of aryl methyl sites for hydroxylation is 1. The van der Waals surface area contributed by atoms with Gasteiger partial charge in [-0.3, -0.25) is 0 Å². The predicted octanol–water partition coefficient (Wildman–Crippen LogP) is 6.71. The monoisotopic (exact) mass is 330 g/mol. The van der Waals surface area contributed by atoms with Gasteiger partial charge in [-0.25, -0.2) is 0 Å². The van der Waals surface area contributed by atoms with Crippen LogP contribution >= 0.6 is 11.8 Å². The molecule has 3 aromatic rings. The Hall–Kier alpha value is -1.99. The van der Waals surface area contributed by atoms with E-state index in [2.05, 4.69) is 87.5 Å². The molecule has 0 saturated carbocycles. The van der Waals surface area contributed by atoms with E-state index in [1.807, 2.05) is 11.8 Å². The van der Waals surface area contributed by atoms with Crippen LogP contribution in [-0.4, -0.2) is 0 Å². The topological polar surface area (TPSA) is 0 Å². The maximum Gasteiger partial charge on any atom is 0.0169 e. The van der Waals surface area contributed by atoms with Crippen molar-refractivity contribution in [1.82, 2.24) is 0 Å². The van der Waals surface area contributed by atoms with Gasteiger partial charge in [-0.15, -0.1) is 0 Å². The number of hydrogen-bond donors (Lipinski definition) is 0. The summed E-state index contributed by atoms with van der Waals surface area (Å²) in [5, 5.41) is 0. The second kappa shape index (κ2) is 5.82. The van der Waals surface area contributed by atoms with Crippen LogP contribution < -0.4 is 0 Å². The highest BCUT2D eigenvalue weighted by atomic mass is 32.2. The average molecular weight is 330 g/mol. The SMILES string of the molecule is CCc1ccc2c(c1)Sc1cc(-c3ccccc3)ccc1C2(C)C. The molecule has 24 heavy (non-hydrogen) atoms. The fourth-order valence-electron chi connectivity index (χ4n) is 3.58. The molecule has 0 spiro atoms. The van der Waals surface area contributed by atoms with Crippen LogP contribution in [0.3, 0.4) is 0 Å². The summed E-state index contributed by atoms with van der Waals surface area (Å²) in [5.74, 6) is 0. The van der Waals surface area contributed by atoms with Gasteiger partial charge < -0.3 is 0 Å². The first kappa shape index (κ1) is 15.5. The van der Waals surface area contributed by atoms with Crippen molar-refractivity contribution in [2.45, 2.75) is 42.4 Å². The van der Waals surface area contributed by atoms with Crippen LogP contribution in [0.5, 0.6) is 0 Å². The van der Waals surface area contributed by atoms with Crippen LogP contribution in [0, 0.1) is 0 Å². The molecular weight excluding hydrogens is 308 g/mol. The molecule has 0 amide bonds. The first-order chi connectivity index (χ1) is 11.6. The van der Waals surface area contributed by atoms with Gasteiger partial charge in [0, 0.05) is 15.2 Å². The van der Waals surface area contributed by atoms with Crippen molar-refractivity contribution < 1.29 is 0 Å². The van der Waals surface area contributed by atoms with Gasteiger partial charge in [0.1, 0.15) is 0 Å². The summed E-state index contributed by atoms with van der Waals surface area (Å²) in [6.45, 7) is 6.91. The molecule has 1 heteroatoms. The zero-order valence-corrected chi connectivity index (χ0v) is 15.3. The Morgan fingerprint density at radius 2 is 1.42 bits per heavy atom. The third-order valence-corrected chi connectivity index (χ3v) is 6.22. The molecule has 0 aromatic heterocycles. The lowest BCUT2D eigenvalue weighted by Crippen LogP contribution is -2.23. The van der Waals surface area contributed by atoms with Crippen LogP contribution in [-0.2, 0) is 11.8 Å². The summed E-state index contributed by atoms with van der Waals surface area (Å²) in [6, 6.07) is 24.6. The minimum atomic E-state index is 0.0530. The second-order valence-corrected chi connectivity index (χ2v) is 8.07.